The summed E-state index contributed by atoms with van der Waals surface area (Å²) in [5.41, 5.74) is -0.293. The van der Waals surface area contributed by atoms with E-state index < -0.39 is 4.92 Å². The van der Waals surface area contributed by atoms with Crippen molar-refractivity contribution in [2.45, 2.75) is 12.5 Å². The van der Waals surface area contributed by atoms with Crippen LogP contribution in [-0.4, -0.2) is 41.9 Å². The molecule has 20 heavy (non-hydrogen) atoms. The number of para-hydroxylation sites is 1. The molecule has 6 nitrogen and oxygen atoms in total. The van der Waals surface area contributed by atoms with E-state index in [0.717, 1.165) is 13.0 Å². The first-order chi connectivity index (χ1) is 9.02. The second kappa shape index (κ2) is 6.88. The van der Waals surface area contributed by atoms with Gasteiger partial charge in [0.1, 0.15) is 10.6 Å². The predicted molar refractivity (Wildman–Crippen MR) is 78.7 cm³/mol. The first kappa shape index (κ1) is 16.7. The van der Waals surface area contributed by atoms with Gasteiger partial charge in [-0.3, -0.25) is 14.9 Å². The number of nitrogens with zero attached hydrogens (tertiary/aromatic N) is 2. The fourth-order valence-corrected chi connectivity index (χ4v) is 2.44. The van der Waals surface area contributed by atoms with Crippen molar-refractivity contribution in [1.82, 2.24) is 10.2 Å². The summed E-state index contributed by atoms with van der Waals surface area (Å²) >= 11 is 5.81. The van der Waals surface area contributed by atoms with Gasteiger partial charge in [-0.05, 0) is 25.1 Å². The van der Waals surface area contributed by atoms with Crippen LogP contribution in [-0.2, 0) is 0 Å². The summed E-state index contributed by atoms with van der Waals surface area (Å²) in [7, 11) is 1.66. The molecule has 1 aromatic rings. The molecule has 0 saturated carbocycles. The highest BCUT2D eigenvalue weighted by Crippen LogP contribution is 2.29. The highest BCUT2D eigenvalue weighted by molar-refractivity contribution is 6.33. The van der Waals surface area contributed by atoms with E-state index >= 15 is 0 Å². The van der Waals surface area contributed by atoms with Gasteiger partial charge in [0.15, 0.2) is 0 Å². The topological polar surface area (TPSA) is 75.5 Å². The average molecular weight is 320 g/mol. The Labute approximate surface area is 127 Å². The average Bonchev–Trinajstić information content (AvgIpc) is 2.90. The molecule has 110 valence electrons. The number of amides is 1. The zero-order valence-electron chi connectivity index (χ0n) is 10.8. The van der Waals surface area contributed by atoms with Crippen LogP contribution in [0.15, 0.2) is 18.2 Å². The van der Waals surface area contributed by atoms with Gasteiger partial charge in [-0.2, -0.15) is 0 Å². The molecular weight excluding hydrogens is 305 g/mol. The van der Waals surface area contributed by atoms with Gasteiger partial charge in [-0.1, -0.05) is 17.7 Å². The molecule has 0 radical (unpaired) electrons. The highest BCUT2D eigenvalue weighted by atomic mass is 35.5. The van der Waals surface area contributed by atoms with E-state index in [1.165, 1.54) is 12.1 Å². The lowest BCUT2D eigenvalue weighted by Crippen LogP contribution is -2.38. The Morgan fingerprint density at radius 1 is 1.55 bits per heavy atom. The van der Waals surface area contributed by atoms with Gasteiger partial charge in [-0.25, -0.2) is 0 Å². The van der Waals surface area contributed by atoms with E-state index in [0.29, 0.717) is 6.54 Å². The van der Waals surface area contributed by atoms with Crippen molar-refractivity contribution in [3.63, 3.8) is 0 Å². The number of benzene rings is 1. The largest absolute Gasteiger partial charge is 0.337 e. The van der Waals surface area contributed by atoms with Crippen LogP contribution in [0.5, 0.6) is 0 Å². The van der Waals surface area contributed by atoms with Crippen molar-refractivity contribution in [1.29, 1.82) is 0 Å². The molecule has 1 unspecified atom stereocenters. The van der Waals surface area contributed by atoms with Crippen LogP contribution in [0.4, 0.5) is 5.69 Å². The molecule has 0 bridgehead atoms. The Bertz CT molecular complexity index is 519. The Hall–Kier alpha value is -1.37. The summed E-state index contributed by atoms with van der Waals surface area (Å²) in [5.74, 6) is -0.372. The minimum atomic E-state index is -0.615. The van der Waals surface area contributed by atoms with Crippen LogP contribution in [0.3, 0.4) is 0 Å². The van der Waals surface area contributed by atoms with E-state index in [1.54, 1.807) is 18.0 Å². The summed E-state index contributed by atoms with van der Waals surface area (Å²) in [5, 5.41) is 14.2. The Morgan fingerprint density at radius 3 is 2.80 bits per heavy atom. The van der Waals surface area contributed by atoms with Crippen molar-refractivity contribution in [2.24, 2.45) is 0 Å². The number of carbonyl (C=O) groups is 1. The Morgan fingerprint density at radius 2 is 2.25 bits per heavy atom. The molecule has 1 saturated heterocycles. The lowest BCUT2D eigenvalue weighted by atomic mass is 10.1. The van der Waals surface area contributed by atoms with Crippen LogP contribution in [0.2, 0.25) is 5.02 Å². The molecule has 0 aromatic heterocycles. The quantitative estimate of drug-likeness (QED) is 0.683. The molecule has 1 aliphatic rings. The fraction of sp³-hybridized carbons (Fsp3) is 0.417. The van der Waals surface area contributed by atoms with E-state index in [2.05, 4.69) is 5.32 Å². The standard InChI is InChI=1S/C12H14ClN3O3.ClH/c1-15(8-5-6-14-7-8)12(17)9-3-2-4-10(13)11(9)16(18)19;/h2-4,8,14H,5-7H2,1H3;1H. The lowest BCUT2D eigenvalue weighted by Gasteiger charge is -2.23. The lowest BCUT2D eigenvalue weighted by molar-refractivity contribution is -0.385. The zero-order valence-corrected chi connectivity index (χ0v) is 12.4. The van der Waals surface area contributed by atoms with Crippen molar-refractivity contribution < 1.29 is 9.72 Å². The van der Waals surface area contributed by atoms with Gasteiger partial charge >= 0.3 is 5.69 Å². The maximum Gasteiger partial charge on any atom is 0.300 e. The third kappa shape index (κ3) is 3.20. The summed E-state index contributed by atoms with van der Waals surface area (Å²) in [6.45, 7) is 1.55. The van der Waals surface area contributed by atoms with E-state index in [9.17, 15) is 14.9 Å². The van der Waals surface area contributed by atoms with Gasteiger partial charge in [0, 0.05) is 19.6 Å². The minimum Gasteiger partial charge on any atom is -0.337 e. The maximum atomic E-state index is 12.3. The summed E-state index contributed by atoms with van der Waals surface area (Å²) in [6, 6.07) is 4.45. The van der Waals surface area contributed by atoms with E-state index in [-0.39, 0.29) is 40.6 Å². The molecule has 1 atom stereocenters. The number of nitro benzene ring substituents is 1. The van der Waals surface area contributed by atoms with Gasteiger partial charge in [0.25, 0.3) is 5.91 Å². The number of nitrogens with one attached hydrogen (secondary N) is 1. The number of carbonyl (C=O) groups excluding carboxylic acids is 1. The van der Waals surface area contributed by atoms with Crippen molar-refractivity contribution in [3.05, 3.63) is 38.9 Å². The number of likely N-dealkylation sites (N-methyl/N-ethyl adjacent to an activating group) is 1. The molecule has 0 spiro atoms. The number of hydrogen-bond donors (Lipinski definition) is 1. The first-order valence-corrected chi connectivity index (χ1v) is 6.31. The third-order valence-corrected chi connectivity index (χ3v) is 3.61. The Kier molecular flexibility index (Phi) is 5.74. The van der Waals surface area contributed by atoms with E-state index in [1.807, 2.05) is 0 Å². The number of nitro groups is 1. The molecule has 1 aromatic carbocycles. The van der Waals surface area contributed by atoms with Gasteiger partial charge in [0.05, 0.1) is 4.92 Å². The SMILES string of the molecule is CN(C(=O)c1cccc(Cl)c1[N+](=O)[O-])C1CCNC1.Cl. The summed E-state index contributed by atoms with van der Waals surface area (Å²) in [6.07, 6.45) is 0.844. The van der Waals surface area contributed by atoms with Crippen LogP contribution in [0.25, 0.3) is 0 Å². The summed E-state index contributed by atoms with van der Waals surface area (Å²) < 4.78 is 0. The number of rotatable bonds is 3. The van der Waals surface area contributed by atoms with Crippen LogP contribution < -0.4 is 5.32 Å². The van der Waals surface area contributed by atoms with Crippen molar-refractivity contribution >= 4 is 35.6 Å². The zero-order chi connectivity index (χ0) is 14.0. The van der Waals surface area contributed by atoms with Crippen molar-refractivity contribution in [2.75, 3.05) is 20.1 Å². The van der Waals surface area contributed by atoms with E-state index in [4.69, 9.17) is 11.6 Å². The molecule has 2 rings (SSSR count). The van der Waals surface area contributed by atoms with Crippen LogP contribution in [0, 0.1) is 10.1 Å². The number of hydrogen-bond acceptors (Lipinski definition) is 4. The highest BCUT2D eigenvalue weighted by Gasteiger charge is 2.30. The van der Waals surface area contributed by atoms with Crippen molar-refractivity contribution in [3.8, 4) is 0 Å². The predicted octanol–water partition coefficient (Wildman–Crippen LogP) is 2.10. The molecule has 1 amide bonds. The smallest absolute Gasteiger partial charge is 0.300 e. The molecule has 1 heterocycles. The van der Waals surface area contributed by atoms with Gasteiger partial charge in [-0.15, -0.1) is 12.4 Å². The Balaban J connectivity index is 0.00000200. The van der Waals surface area contributed by atoms with Crippen LogP contribution >= 0.6 is 24.0 Å². The second-order valence-corrected chi connectivity index (χ2v) is 4.86. The van der Waals surface area contributed by atoms with Gasteiger partial charge < -0.3 is 10.2 Å². The molecule has 0 aliphatic carbocycles. The molecule has 8 heteroatoms. The molecule has 1 N–H and O–H groups in total. The molecular formula is C12H15Cl2N3O3. The normalized spacial score (nSPS) is 17.4. The molecule has 1 aliphatic heterocycles. The van der Waals surface area contributed by atoms with Gasteiger partial charge in [0.2, 0.25) is 0 Å². The maximum absolute atomic E-state index is 12.3. The first-order valence-electron chi connectivity index (χ1n) is 5.93. The molecule has 1 fully saturated rings. The third-order valence-electron chi connectivity index (χ3n) is 3.30. The number of halogens is 2. The fourth-order valence-electron chi connectivity index (χ4n) is 2.20. The van der Waals surface area contributed by atoms with Crippen LogP contribution in [0.1, 0.15) is 16.8 Å². The monoisotopic (exact) mass is 319 g/mol. The summed E-state index contributed by atoms with van der Waals surface area (Å²) in [4.78, 5) is 24.3. The minimum absolute atomic E-state index is 0. The second-order valence-electron chi connectivity index (χ2n) is 4.46.